The Morgan fingerprint density at radius 2 is 2.00 bits per heavy atom. The summed E-state index contributed by atoms with van der Waals surface area (Å²) in [6.07, 6.45) is 3.60. The van der Waals surface area contributed by atoms with Gasteiger partial charge in [-0.3, -0.25) is 0 Å². The van der Waals surface area contributed by atoms with Gasteiger partial charge in [0.25, 0.3) is 0 Å². The highest BCUT2D eigenvalue weighted by Gasteiger charge is 1.96. The first-order valence-corrected chi connectivity index (χ1v) is 7.60. The number of rotatable bonds is 7. The average Bonchev–Trinajstić information content (AvgIpc) is 2.31. The summed E-state index contributed by atoms with van der Waals surface area (Å²) in [5.74, 6) is 0.995. The van der Waals surface area contributed by atoms with E-state index in [2.05, 4.69) is 39.0 Å². The molecule has 3 heteroatoms. The van der Waals surface area contributed by atoms with Gasteiger partial charge < -0.3 is 4.74 Å². The average molecular weight is 285 g/mol. The van der Waals surface area contributed by atoms with Crippen molar-refractivity contribution in [2.24, 2.45) is 0 Å². The lowest BCUT2D eigenvalue weighted by atomic mass is 10.2. The zero-order valence-electron chi connectivity index (χ0n) is 11.3. The Hall–Kier alpha value is -0.440. The van der Waals surface area contributed by atoms with Crippen molar-refractivity contribution in [1.82, 2.24) is 0 Å². The lowest BCUT2D eigenvalue weighted by molar-refractivity contribution is 0.0813. The molecule has 0 heterocycles. The zero-order valence-corrected chi connectivity index (χ0v) is 12.9. The topological polar surface area (TPSA) is 9.23 Å². The quantitative estimate of drug-likeness (QED) is 0.503. The van der Waals surface area contributed by atoms with Crippen LogP contribution in [0.4, 0.5) is 0 Å². The van der Waals surface area contributed by atoms with Crippen LogP contribution < -0.4 is 0 Å². The minimum Gasteiger partial charge on any atom is -0.378 e. The second-order valence-corrected chi connectivity index (χ2v) is 6.01. The van der Waals surface area contributed by atoms with Crippen LogP contribution in [0.15, 0.2) is 40.8 Å². The predicted molar refractivity (Wildman–Crippen MR) is 81.6 cm³/mol. The molecule has 0 unspecified atom stereocenters. The molecule has 0 fully saturated rings. The van der Waals surface area contributed by atoms with Gasteiger partial charge in [0.15, 0.2) is 0 Å². The normalized spacial score (nSPS) is 12.2. The summed E-state index contributed by atoms with van der Waals surface area (Å²) < 4.78 is 5.53. The lowest BCUT2D eigenvalue weighted by Crippen LogP contribution is -2.03. The smallest absolute Gasteiger partial charge is 0.0519 e. The number of hydrogen-bond acceptors (Lipinski definition) is 2. The van der Waals surface area contributed by atoms with Crippen LogP contribution in [-0.2, 0) is 4.74 Å². The molecule has 0 saturated carbocycles. The van der Waals surface area contributed by atoms with Crippen molar-refractivity contribution in [1.29, 1.82) is 0 Å². The van der Waals surface area contributed by atoms with Crippen molar-refractivity contribution in [3.05, 3.63) is 40.9 Å². The lowest BCUT2D eigenvalue weighted by Gasteiger charge is -2.07. The minimum absolute atomic E-state index is 0.321. The van der Waals surface area contributed by atoms with Crippen LogP contribution in [0.25, 0.3) is 0 Å². The first-order chi connectivity index (χ1) is 8.58. The van der Waals surface area contributed by atoms with Gasteiger partial charge in [-0.15, -0.1) is 11.8 Å². The van der Waals surface area contributed by atoms with Crippen LogP contribution in [0, 0.1) is 0 Å². The Balaban J connectivity index is 2.24. The second kappa shape index (κ2) is 8.63. The molecular formula is C15H21ClOS. The highest BCUT2D eigenvalue weighted by atomic mass is 35.5. The maximum atomic E-state index is 5.84. The predicted octanol–water partition coefficient (Wildman–Crippen LogP) is 5.19. The van der Waals surface area contributed by atoms with Crippen LogP contribution in [-0.4, -0.2) is 18.5 Å². The second-order valence-electron chi connectivity index (χ2n) is 4.48. The molecule has 0 aliphatic heterocycles. The van der Waals surface area contributed by atoms with E-state index in [-0.39, 0.29) is 0 Å². The van der Waals surface area contributed by atoms with Crippen LogP contribution in [0.5, 0.6) is 0 Å². The summed E-state index contributed by atoms with van der Waals surface area (Å²) in [6.45, 7) is 7.10. The van der Waals surface area contributed by atoms with Gasteiger partial charge in [0.05, 0.1) is 12.7 Å². The standard InChI is InChI=1S/C15H21ClOS/c1-12(2)17-10-8-13(3)9-11-18-15-6-4-14(16)5-7-15/h4-7,9,12H,8,10-11H2,1-3H3/b13-9+. The summed E-state index contributed by atoms with van der Waals surface area (Å²) in [7, 11) is 0. The number of thioether (sulfide) groups is 1. The Bertz CT molecular complexity index is 371. The van der Waals surface area contributed by atoms with E-state index in [4.69, 9.17) is 16.3 Å². The molecule has 0 N–H and O–H groups in total. The minimum atomic E-state index is 0.321. The number of halogens is 1. The van der Waals surface area contributed by atoms with E-state index in [0.29, 0.717) is 6.10 Å². The van der Waals surface area contributed by atoms with E-state index < -0.39 is 0 Å². The van der Waals surface area contributed by atoms with Crippen molar-refractivity contribution in [3.8, 4) is 0 Å². The Morgan fingerprint density at radius 3 is 2.61 bits per heavy atom. The van der Waals surface area contributed by atoms with Crippen molar-refractivity contribution >= 4 is 23.4 Å². The van der Waals surface area contributed by atoms with Crippen LogP contribution >= 0.6 is 23.4 Å². The molecule has 0 radical (unpaired) electrons. The third-order valence-electron chi connectivity index (χ3n) is 2.44. The van der Waals surface area contributed by atoms with Crippen LogP contribution in [0.1, 0.15) is 27.2 Å². The first-order valence-electron chi connectivity index (χ1n) is 6.23. The highest BCUT2D eigenvalue weighted by Crippen LogP contribution is 2.20. The monoisotopic (exact) mass is 284 g/mol. The zero-order chi connectivity index (χ0) is 13.4. The molecule has 0 amide bonds. The fourth-order valence-electron chi connectivity index (χ4n) is 1.37. The van der Waals surface area contributed by atoms with E-state index in [1.165, 1.54) is 10.5 Å². The molecule has 18 heavy (non-hydrogen) atoms. The summed E-state index contributed by atoms with van der Waals surface area (Å²) in [5.41, 5.74) is 1.39. The molecule has 0 aromatic heterocycles. The fraction of sp³-hybridized carbons (Fsp3) is 0.467. The maximum absolute atomic E-state index is 5.84. The van der Waals surface area contributed by atoms with E-state index in [0.717, 1.165) is 23.8 Å². The fourth-order valence-corrected chi connectivity index (χ4v) is 2.38. The maximum Gasteiger partial charge on any atom is 0.0519 e. The number of ether oxygens (including phenoxy) is 1. The molecule has 0 bridgehead atoms. The van der Waals surface area contributed by atoms with Crippen molar-refractivity contribution in [3.63, 3.8) is 0 Å². The molecule has 0 atom stereocenters. The van der Waals surface area contributed by atoms with Gasteiger partial charge in [-0.25, -0.2) is 0 Å². The number of benzene rings is 1. The molecule has 0 saturated heterocycles. The number of hydrogen-bond donors (Lipinski definition) is 0. The Labute approximate surface area is 120 Å². The van der Waals surface area contributed by atoms with Crippen LogP contribution in [0.2, 0.25) is 5.02 Å². The van der Waals surface area contributed by atoms with Crippen LogP contribution in [0.3, 0.4) is 0 Å². The molecule has 0 aliphatic rings. The van der Waals surface area contributed by atoms with E-state index in [1.807, 2.05) is 23.9 Å². The van der Waals surface area contributed by atoms with Gasteiger partial charge in [0, 0.05) is 15.7 Å². The van der Waals surface area contributed by atoms with Gasteiger partial charge in [0.1, 0.15) is 0 Å². The van der Waals surface area contributed by atoms with E-state index in [9.17, 15) is 0 Å². The summed E-state index contributed by atoms with van der Waals surface area (Å²) >= 11 is 7.67. The molecule has 1 aromatic carbocycles. The van der Waals surface area contributed by atoms with Gasteiger partial charge >= 0.3 is 0 Å². The summed E-state index contributed by atoms with van der Waals surface area (Å²) in [6, 6.07) is 7.96. The largest absolute Gasteiger partial charge is 0.378 e. The Kier molecular flexibility index (Phi) is 7.48. The SMILES string of the molecule is C/C(=C\CSc1ccc(Cl)cc1)CCOC(C)C. The first kappa shape index (κ1) is 15.6. The van der Waals surface area contributed by atoms with E-state index >= 15 is 0 Å². The van der Waals surface area contributed by atoms with Gasteiger partial charge in [-0.2, -0.15) is 0 Å². The van der Waals surface area contributed by atoms with Crippen molar-refractivity contribution in [2.75, 3.05) is 12.4 Å². The molecule has 1 rings (SSSR count). The molecular weight excluding hydrogens is 264 g/mol. The van der Waals surface area contributed by atoms with Crippen molar-refractivity contribution < 1.29 is 4.74 Å². The summed E-state index contributed by atoms with van der Waals surface area (Å²) in [4.78, 5) is 1.25. The van der Waals surface area contributed by atoms with E-state index in [1.54, 1.807) is 0 Å². The Morgan fingerprint density at radius 1 is 1.33 bits per heavy atom. The van der Waals surface area contributed by atoms with Gasteiger partial charge in [0.2, 0.25) is 0 Å². The van der Waals surface area contributed by atoms with Crippen molar-refractivity contribution in [2.45, 2.75) is 38.2 Å². The highest BCUT2D eigenvalue weighted by molar-refractivity contribution is 7.99. The third-order valence-corrected chi connectivity index (χ3v) is 3.63. The molecule has 0 spiro atoms. The van der Waals surface area contributed by atoms with Gasteiger partial charge in [-0.05, 0) is 51.5 Å². The molecule has 0 aliphatic carbocycles. The molecule has 100 valence electrons. The summed E-state index contributed by atoms with van der Waals surface area (Å²) in [5, 5.41) is 0.789. The third kappa shape index (κ3) is 7.10. The van der Waals surface area contributed by atoms with Gasteiger partial charge in [-0.1, -0.05) is 23.3 Å². The molecule has 1 aromatic rings. The molecule has 1 nitrogen and oxygen atoms in total.